The second-order valence-electron chi connectivity index (χ2n) is 4.37. The summed E-state index contributed by atoms with van der Waals surface area (Å²) in [5.41, 5.74) is 1.92. The van der Waals surface area contributed by atoms with Crippen molar-refractivity contribution < 1.29 is 4.79 Å². The van der Waals surface area contributed by atoms with E-state index in [4.69, 9.17) is 0 Å². The highest BCUT2D eigenvalue weighted by molar-refractivity contribution is 7.98. The Bertz CT molecular complexity index is 534. The van der Waals surface area contributed by atoms with E-state index in [0.717, 1.165) is 22.5 Å². The van der Waals surface area contributed by atoms with Crippen LogP contribution in [0.5, 0.6) is 0 Å². The lowest BCUT2D eigenvalue weighted by Gasteiger charge is -2.11. The minimum Gasteiger partial charge on any atom is -0.331 e. The Morgan fingerprint density at radius 2 is 2.28 bits per heavy atom. The van der Waals surface area contributed by atoms with Crippen molar-refractivity contribution in [2.24, 2.45) is 0 Å². The number of carbonyl (C=O) groups excluding carboxylic acids is 1. The van der Waals surface area contributed by atoms with E-state index in [1.807, 2.05) is 36.8 Å². The van der Waals surface area contributed by atoms with Gasteiger partial charge in [0.1, 0.15) is 6.29 Å². The largest absolute Gasteiger partial charge is 0.331 e. The van der Waals surface area contributed by atoms with E-state index >= 15 is 0 Å². The molecule has 0 N–H and O–H groups in total. The molecule has 1 heterocycles. The van der Waals surface area contributed by atoms with Crippen LogP contribution < -0.4 is 0 Å². The van der Waals surface area contributed by atoms with Gasteiger partial charge in [-0.15, -0.1) is 11.8 Å². The molecular formula is C14H16N2OS. The normalized spacial score (nSPS) is 10.8. The number of thioether (sulfide) groups is 1. The zero-order valence-electron chi connectivity index (χ0n) is 10.5. The predicted molar refractivity (Wildman–Crippen MR) is 74.0 cm³/mol. The molecule has 0 radical (unpaired) electrons. The van der Waals surface area contributed by atoms with Crippen LogP contribution in [0.2, 0.25) is 0 Å². The molecule has 4 heteroatoms. The summed E-state index contributed by atoms with van der Waals surface area (Å²) in [7, 11) is 0. The number of rotatable bonds is 5. The summed E-state index contributed by atoms with van der Waals surface area (Å²) in [4.78, 5) is 16.0. The van der Waals surface area contributed by atoms with Crippen LogP contribution in [-0.2, 0) is 5.75 Å². The lowest BCUT2D eigenvalue weighted by Crippen LogP contribution is -2.02. The Morgan fingerprint density at radius 3 is 3.00 bits per heavy atom. The fourth-order valence-corrected chi connectivity index (χ4v) is 2.68. The molecule has 0 aliphatic rings. The molecule has 0 aliphatic carbocycles. The molecule has 0 saturated heterocycles. The van der Waals surface area contributed by atoms with Gasteiger partial charge in [0.2, 0.25) is 0 Å². The molecular weight excluding hydrogens is 244 g/mol. The first-order chi connectivity index (χ1) is 8.70. The van der Waals surface area contributed by atoms with Gasteiger partial charge in [-0.3, -0.25) is 4.79 Å². The molecule has 18 heavy (non-hydrogen) atoms. The number of carbonyl (C=O) groups is 1. The maximum Gasteiger partial charge on any atom is 0.150 e. The summed E-state index contributed by atoms with van der Waals surface area (Å²) in [5.74, 6) is 0.862. The topological polar surface area (TPSA) is 34.9 Å². The van der Waals surface area contributed by atoms with Gasteiger partial charge in [0.05, 0.1) is 6.33 Å². The second kappa shape index (κ2) is 5.87. The van der Waals surface area contributed by atoms with E-state index in [-0.39, 0.29) is 0 Å². The van der Waals surface area contributed by atoms with Crippen molar-refractivity contribution in [1.29, 1.82) is 0 Å². The third-order valence-electron chi connectivity index (χ3n) is 2.68. The van der Waals surface area contributed by atoms with Gasteiger partial charge >= 0.3 is 0 Å². The molecule has 3 nitrogen and oxygen atoms in total. The molecule has 1 aromatic carbocycles. The Balaban J connectivity index is 2.06. The first-order valence-corrected chi connectivity index (χ1v) is 6.88. The maximum atomic E-state index is 10.7. The zero-order valence-corrected chi connectivity index (χ0v) is 11.4. The van der Waals surface area contributed by atoms with E-state index < -0.39 is 0 Å². The SMILES string of the molecule is CC(C)n1cncc1CSc1cccc(C=O)c1. The Hall–Kier alpha value is -1.55. The minimum absolute atomic E-state index is 0.421. The number of nitrogens with zero attached hydrogens (tertiary/aromatic N) is 2. The van der Waals surface area contributed by atoms with Crippen molar-refractivity contribution >= 4 is 18.0 Å². The molecule has 94 valence electrons. The molecule has 0 fully saturated rings. The third kappa shape index (κ3) is 3.01. The molecule has 2 rings (SSSR count). The van der Waals surface area contributed by atoms with Crippen molar-refractivity contribution in [3.05, 3.63) is 48.0 Å². The van der Waals surface area contributed by atoms with Crippen LogP contribution in [0.4, 0.5) is 0 Å². The summed E-state index contributed by atoms with van der Waals surface area (Å²) in [6.45, 7) is 4.28. The lowest BCUT2D eigenvalue weighted by atomic mass is 10.2. The van der Waals surface area contributed by atoms with Crippen LogP contribution in [0.1, 0.15) is 35.9 Å². The fraction of sp³-hybridized carbons (Fsp3) is 0.286. The standard InChI is InChI=1S/C14H16N2OS/c1-11(2)16-10-15-7-13(16)9-18-14-5-3-4-12(6-14)8-17/h3-8,10-11H,9H2,1-2H3. The first kappa shape index (κ1) is 12.9. The van der Waals surface area contributed by atoms with Crippen molar-refractivity contribution in [3.63, 3.8) is 0 Å². The monoisotopic (exact) mass is 260 g/mol. The smallest absolute Gasteiger partial charge is 0.150 e. The highest BCUT2D eigenvalue weighted by Crippen LogP contribution is 2.24. The Labute approximate surface area is 111 Å². The average Bonchev–Trinajstić information content (AvgIpc) is 2.85. The summed E-state index contributed by atoms with van der Waals surface area (Å²) in [6.07, 6.45) is 4.64. The Kier molecular flexibility index (Phi) is 4.20. The molecule has 1 aromatic heterocycles. The molecule has 0 unspecified atom stereocenters. The average molecular weight is 260 g/mol. The third-order valence-corrected chi connectivity index (χ3v) is 3.71. The van der Waals surface area contributed by atoms with Gasteiger partial charge in [0, 0.05) is 34.1 Å². The molecule has 0 saturated carbocycles. The van der Waals surface area contributed by atoms with E-state index in [2.05, 4.69) is 23.4 Å². The van der Waals surface area contributed by atoms with Gasteiger partial charge in [0.15, 0.2) is 0 Å². The van der Waals surface area contributed by atoms with Crippen LogP contribution in [-0.4, -0.2) is 15.8 Å². The molecule has 0 spiro atoms. The maximum absolute atomic E-state index is 10.7. The zero-order chi connectivity index (χ0) is 13.0. The number of aromatic nitrogens is 2. The molecule has 0 aliphatic heterocycles. The summed E-state index contributed by atoms with van der Waals surface area (Å²) in [5, 5.41) is 0. The lowest BCUT2D eigenvalue weighted by molar-refractivity contribution is 0.112. The molecule has 2 aromatic rings. The van der Waals surface area contributed by atoms with Gasteiger partial charge < -0.3 is 4.57 Å². The second-order valence-corrected chi connectivity index (χ2v) is 5.41. The highest BCUT2D eigenvalue weighted by atomic mass is 32.2. The first-order valence-electron chi connectivity index (χ1n) is 5.89. The highest BCUT2D eigenvalue weighted by Gasteiger charge is 2.06. The minimum atomic E-state index is 0.421. The van der Waals surface area contributed by atoms with Crippen molar-refractivity contribution in [1.82, 2.24) is 9.55 Å². The fourth-order valence-electron chi connectivity index (χ4n) is 1.74. The van der Waals surface area contributed by atoms with Crippen molar-refractivity contribution in [2.45, 2.75) is 30.5 Å². The predicted octanol–water partition coefficient (Wildman–Crippen LogP) is 3.57. The van der Waals surface area contributed by atoms with Gasteiger partial charge in [-0.25, -0.2) is 4.98 Å². The number of hydrogen-bond acceptors (Lipinski definition) is 3. The summed E-state index contributed by atoms with van der Waals surface area (Å²) in [6, 6.07) is 8.08. The number of aldehydes is 1. The van der Waals surface area contributed by atoms with Crippen molar-refractivity contribution in [2.75, 3.05) is 0 Å². The molecule has 0 bridgehead atoms. The van der Waals surface area contributed by atoms with E-state index in [1.165, 1.54) is 5.69 Å². The van der Waals surface area contributed by atoms with Gasteiger partial charge in [-0.2, -0.15) is 0 Å². The van der Waals surface area contributed by atoms with Crippen LogP contribution in [0.15, 0.2) is 41.7 Å². The van der Waals surface area contributed by atoms with E-state index in [0.29, 0.717) is 6.04 Å². The molecule has 0 atom stereocenters. The summed E-state index contributed by atoms with van der Waals surface area (Å²) < 4.78 is 2.16. The van der Waals surface area contributed by atoms with Crippen LogP contribution in [0.3, 0.4) is 0 Å². The van der Waals surface area contributed by atoms with Gasteiger partial charge in [-0.05, 0) is 26.0 Å². The Morgan fingerprint density at radius 1 is 1.44 bits per heavy atom. The quantitative estimate of drug-likeness (QED) is 0.609. The van der Waals surface area contributed by atoms with E-state index in [1.54, 1.807) is 11.8 Å². The van der Waals surface area contributed by atoms with Crippen molar-refractivity contribution in [3.8, 4) is 0 Å². The van der Waals surface area contributed by atoms with Gasteiger partial charge in [-0.1, -0.05) is 12.1 Å². The van der Waals surface area contributed by atoms with Crippen LogP contribution in [0, 0.1) is 0 Å². The number of imidazole rings is 1. The van der Waals surface area contributed by atoms with Gasteiger partial charge in [0.25, 0.3) is 0 Å². The summed E-state index contributed by atoms with van der Waals surface area (Å²) >= 11 is 1.72. The molecule has 0 amide bonds. The number of benzene rings is 1. The van der Waals surface area contributed by atoms with E-state index in [9.17, 15) is 4.79 Å². The number of hydrogen-bond donors (Lipinski definition) is 0. The van der Waals surface area contributed by atoms with Crippen LogP contribution >= 0.6 is 11.8 Å². The van der Waals surface area contributed by atoms with Crippen LogP contribution in [0.25, 0.3) is 0 Å².